The molecule has 0 fully saturated rings. The number of carbonyl (C=O) groups is 2. The van der Waals surface area contributed by atoms with Crippen molar-refractivity contribution in [3.05, 3.63) is 53.1 Å². The summed E-state index contributed by atoms with van der Waals surface area (Å²) in [6.07, 6.45) is 2.14. The van der Waals surface area contributed by atoms with Crippen LogP contribution in [-0.4, -0.2) is 29.3 Å². The predicted molar refractivity (Wildman–Crippen MR) is 70.7 cm³/mol. The third-order valence-electron chi connectivity index (χ3n) is 1.97. The van der Waals surface area contributed by atoms with Crippen LogP contribution in [0.25, 0.3) is 0 Å². The van der Waals surface area contributed by atoms with Crippen LogP contribution in [0.4, 0.5) is 0 Å². The fourth-order valence-electron chi connectivity index (χ4n) is 1.09. The molecular weight excluding hydrogens is 268 g/mol. The van der Waals surface area contributed by atoms with Crippen molar-refractivity contribution in [3.63, 3.8) is 0 Å². The van der Waals surface area contributed by atoms with Gasteiger partial charge < -0.3 is 14.9 Å². The van der Waals surface area contributed by atoms with Crippen molar-refractivity contribution in [1.82, 2.24) is 0 Å². The van der Waals surface area contributed by atoms with E-state index in [2.05, 4.69) is 4.74 Å². The van der Waals surface area contributed by atoms with Crippen LogP contribution in [0.5, 0.6) is 0 Å². The molecule has 0 unspecified atom stereocenters. The van der Waals surface area contributed by atoms with Crippen LogP contribution in [0.1, 0.15) is 0 Å². The molecule has 1 aromatic carbocycles. The van der Waals surface area contributed by atoms with E-state index in [1.165, 1.54) is 0 Å². The van der Waals surface area contributed by atoms with E-state index in [9.17, 15) is 14.7 Å². The summed E-state index contributed by atoms with van der Waals surface area (Å²) in [4.78, 5) is 22.7. The minimum absolute atomic E-state index is 0.0262. The monoisotopic (exact) mass is 280 g/mol. The maximum absolute atomic E-state index is 11.0. The highest BCUT2D eigenvalue weighted by Crippen LogP contribution is 2.26. The van der Waals surface area contributed by atoms with E-state index < -0.39 is 17.7 Å². The highest BCUT2D eigenvalue weighted by molar-refractivity contribution is 8.04. The first-order valence-electron chi connectivity index (χ1n) is 5.20. The molecule has 0 amide bonds. The van der Waals surface area contributed by atoms with Crippen LogP contribution < -0.4 is 0 Å². The zero-order chi connectivity index (χ0) is 14.3. The quantitative estimate of drug-likeness (QED) is 0.283. The average Bonchev–Trinajstić information content (AvgIpc) is 2.42. The van der Waals surface area contributed by atoms with Gasteiger partial charge in [0.05, 0.1) is 12.0 Å². The number of rotatable bonds is 5. The summed E-state index contributed by atoms with van der Waals surface area (Å²) in [5, 5.41) is 18.3. The van der Waals surface area contributed by atoms with Crippen molar-refractivity contribution in [3.8, 4) is 0 Å². The van der Waals surface area contributed by atoms with E-state index in [0.29, 0.717) is 0 Å². The van der Waals surface area contributed by atoms with Crippen LogP contribution in [0.3, 0.4) is 0 Å². The summed E-state index contributed by atoms with van der Waals surface area (Å²) < 4.78 is 4.28. The Hall–Kier alpha value is -2.21. The maximum atomic E-state index is 11.0. The summed E-state index contributed by atoms with van der Waals surface area (Å²) in [6.45, 7) is 0. The third-order valence-corrected chi connectivity index (χ3v) is 3.01. The highest BCUT2D eigenvalue weighted by Gasteiger charge is 2.10. The van der Waals surface area contributed by atoms with Crippen molar-refractivity contribution in [2.75, 3.05) is 7.11 Å². The summed E-state index contributed by atoms with van der Waals surface area (Å²) in [7, 11) is 1.12. The van der Waals surface area contributed by atoms with Gasteiger partial charge in [-0.1, -0.05) is 30.0 Å². The third kappa shape index (κ3) is 4.89. The second kappa shape index (κ2) is 7.27. The Morgan fingerprint density at radius 2 is 1.79 bits per heavy atom. The second-order valence-electron chi connectivity index (χ2n) is 3.29. The molecule has 100 valence electrons. The van der Waals surface area contributed by atoms with Crippen LogP contribution in [0, 0.1) is 0 Å². The molecule has 0 spiro atoms. The minimum Gasteiger partial charge on any atom is -0.502 e. The average molecular weight is 280 g/mol. The van der Waals surface area contributed by atoms with Gasteiger partial charge in [-0.05, 0) is 24.3 Å². The molecule has 0 radical (unpaired) electrons. The first-order chi connectivity index (χ1) is 9.04. The van der Waals surface area contributed by atoms with E-state index in [4.69, 9.17) is 5.11 Å². The Labute approximate surface area is 114 Å². The molecule has 6 heteroatoms. The fourth-order valence-corrected chi connectivity index (χ4v) is 1.86. The number of hydrogen-bond acceptors (Lipinski definition) is 5. The lowest BCUT2D eigenvalue weighted by Gasteiger charge is -2.01. The Kier molecular flexibility index (Phi) is 5.69. The highest BCUT2D eigenvalue weighted by atomic mass is 32.2. The number of carboxylic acid groups (broad SMARTS) is 1. The van der Waals surface area contributed by atoms with Gasteiger partial charge in [0.15, 0.2) is 0 Å². The van der Waals surface area contributed by atoms with Crippen LogP contribution in [0.2, 0.25) is 0 Å². The Bertz CT molecular complexity index is 519. The molecule has 0 saturated heterocycles. The van der Waals surface area contributed by atoms with Crippen LogP contribution in [-0.2, 0) is 14.3 Å². The van der Waals surface area contributed by atoms with Gasteiger partial charge in [-0.3, -0.25) is 0 Å². The molecule has 5 nitrogen and oxygen atoms in total. The number of aliphatic hydroxyl groups excluding tert-OH is 1. The number of thioether (sulfide) groups is 1. The molecule has 0 atom stereocenters. The first-order valence-corrected chi connectivity index (χ1v) is 6.01. The van der Waals surface area contributed by atoms with Crippen LogP contribution >= 0.6 is 11.8 Å². The summed E-state index contributed by atoms with van der Waals surface area (Å²) >= 11 is 1.01. The van der Waals surface area contributed by atoms with E-state index in [1.807, 2.05) is 6.07 Å². The number of hydrogen-bond donors (Lipinski definition) is 2. The molecule has 1 aromatic rings. The standard InChI is InChI=1S/C13H12O5S/c1-18-13(17)10(14)7-8-11(12(15)16)19-9-5-3-2-4-6-9/h2-8,14H,1H3,(H,15,16). The summed E-state index contributed by atoms with van der Waals surface area (Å²) in [6, 6.07) is 8.89. The maximum Gasteiger partial charge on any atom is 0.373 e. The lowest BCUT2D eigenvalue weighted by molar-refractivity contribution is -0.139. The molecule has 0 bridgehead atoms. The van der Waals surface area contributed by atoms with E-state index in [1.54, 1.807) is 24.3 Å². The van der Waals surface area contributed by atoms with Crippen molar-refractivity contribution < 1.29 is 24.5 Å². The van der Waals surface area contributed by atoms with Gasteiger partial charge in [-0.2, -0.15) is 0 Å². The molecule has 1 rings (SSSR count). The Balaban J connectivity index is 2.90. The lowest BCUT2D eigenvalue weighted by Crippen LogP contribution is -2.03. The number of ether oxygens (including phenoxy) is 1. The SMILES string of the molecule is COC(=O)C(O)=CC=C(Sc1ccccc1)C(=O)O. The van der Waals surface area contributed by atoms with Crippen molar-refractivity contribution >= 4 is 23.7 Å². The minimum atomic E-state index is -1.15. The molecule has 0 aliphatic heterocycles. The summed E-state index contributed by atoms with van der Waals surface area (Å²) in [5.74, 6) is -2.73. The van der Waals surface area contributed by atoms with E-state index in [0.717, 1.165) is 35.9 Å². The van der Waals surface area contributed by atoms with E-state index in [-0.39, 0.29) is 4.91 Å². The van der Waals surface area contributed by atoms with Crippen molar-refractivity contribution in [2.45, 2.75) is 4.90 Å². The zero-order valence-electron chi connectivity index (χ0n) is 10.1. The van der Waals surface area contributed by atoms with Gasteiger partial charge in [0.1, 0.15) is 0 Å². The van der Waals surface area contributed by atoms with Crippen LogP contribution in [0.15, 0.2) is 58.0 Å². The largest absolute Gasteiger partial charge is 0.502 e. The molecule has 0 saturated carbocycles. The zero-order valence-corrected chi connectivity index (χ0v) is 10.9. The molecular formula is C13H12O5S. The topological polar surface area (TPSA) is 83.8 Å². The molecule has 0 aromatic heterocycles. The number of carbonyl (C=O) groups excluding carboxylic acids is 1. The normalized spacial score (nSPS) is 12.1. The molecule has 0 heterocycles. The number of benzene rings is 1. The first kappa shape index (κ1) is 14.8. The van der Waals surface area contributed by atoms with Crippen molar-refractivity contribution in [2.24, 2.45) is 0 Å². The summed E-state index contributed by atoms with van der Waals surface area (Å²) in [5.41, 5.74) is 0. The number of allylic oxidation sites excluding steroid dienone is 2. The van der Waals surface area contributed by atoms with E-state index >= 15 is 0 Å². The fraction of sp³-hybridized carbons (Fsp3) is 0.0769. The van der Waals surface area contributed by atoms with Gasteiger partial charge in [0.2, 0.25) is 5.76 Å². The number of aliphatic carboxylic acids is 1. The molecule has 2 N–H and O–H groups in total. The molecule has 0 aliphatic carbocycles. The van der Waals surface area contributed by atoms with Crippen molar-refractivity contribution in [1.29, 1.82) is 0 Å². The van der Waals surface area contributed by atoms with Gasteiger partial charge in [0.25, 0.3) is 0 Å². The number of esters is 1. The van der Waals surface area contributed by atoms with Gasteiger partial charge >= 0.3 is 11.9 Å². The molecule has 19 heavy (non-hydrogen) atoms. The van der Waals surface area contributed by atoms with Gasteiger partial charge in [-0.25, -0.2) is 9.59 Å². The van der Waals surface area contributed by atoms with Gasteiger partial charge in [0, 0.05) is 4.90 Å². The number of aliphatic hydroxyl groups is 1. The predicted octanol–water partition coefficient (Wildman–Crippen LogP) is 2.36. The number of methoxy groups -OCH3 is 1. The lowest BCUT2D eigenvalue weighted by atomic mass is 10.4. The smallest absolute Gasteiger partial charge is 0.373 e. The Morgan fingerprint density at radius 3 is 2.32 bits per heavy atom. The van der Waals surface area contributed by atoms with Gasteiger partial charge in [-0.15, -0.1) is 0 Å². The molecule has 0 aliphatic rings. The Morgan fingerprint density at radius 1 is 1.16 bits per heavy atom. The number of carboxylic acids is 1. The second-order valence-corrected chi connectivity index (χ2v) is 4.41.